The predicted molar refractivity (Wildman–Crippen MR) is 114 cm³/mol. The van der Waals surface area contributed by atoms with Crippen molar-refractivity contribution in [2.24, 2.45) is 11.3 Å². The number of hydrogen-bond acceptors (Lipinski definition) is 5. The van der Waals surface area contributed by atoms with Gasteiger partial charge in [0, 0.05) is 17.7 Å². The summed E-state index contributed by atoms with van der Waals surface area (Å²) in [7, 11) is 0. The smallest absolute Gasteiger partial charge is 0.261 e. The topological polar surface area (TPSA) is 97.5 Å². The molecular weight excluding hydrogens is 396 g/mol. The Kier molecular flexibility index (Phi) is 4.64. The molecule has 1 aromatic carbocycles. The van der Waals surface area contributed by atoms with Gasteiger partial charge in [-0.1, -0.05) is 19.9 Å². The van der Waals surface area contributed by atoms with E-state index in [4.69, 9.17) is 9.47 Å². The molecule has 1 amide bonds. The number of carbonyl (C=O) groups is 2. The van der Waals surface area contributed by atoms with Crippen LogP contribution in [0.4, 0.5) is 0 Å². The van der Waals surface area contributed by atoms with Gasteiger partial charge < -0.3 is 19.8 Å². The van der Waals surface area contributed by atoms with Crippen LogP contribution in [0.3, 0.4) is 0 Å². The van der Waals surface area contributed by atoms with Gasteiger partial charge in [-0.05, 0) is 54.4 Å². The van der Waals surface area contributed by atoms with Crippen LogP contribution in [-0.4, -0.2) is 29.9 Å². The largest absolute Gasteiger partial charge is 0.486 e. The van der Waals surface area contributed by atoms with Crippen LogP contribution >= 0.6 is 0 Å². The first-order valence-corrected chi connectivity index (χ1v) is 10.8. The van der Waals surface area contributed by atoms with E-state index < -0.39 is 11.5 Å². The van der Waals surface area contributed by atoms with Crippen molar-refractivity contribution in [2.45, 2.75) is 45.6 Å². The van der Waals surface area contributed by atoms with E-state index in [1.165, 1.54) is 6.07 Å². The van der Waals surface area contributed by atoms with Gasteiger partial charge >= 0.3 is 0 Å². The van der Waals surface area contributed by atoms with Crippen LogP contribution < -0.4 is 20.3 Å². The number of aromatic nitrogens is 1. The SMILES string of the molecule is CC1(C)CC(=O)c2cc(C(=O)NC(c3ccc4c(c3)OCCO4)C3CC3)c(=O)[nH]c2C1. The highest BCUT2D eigenvalue weighted by Crippen LogP contribution is 2.43. The summed E-state index contributed by atoms with van der Waals surface area (Å²) in [6.07, 6.45) is 3.02. The van der Waals surface area contributed by atoms with Crippen LogP contribution in [0.1, 0.15) is 71.1 Å². The monoisotopic (exact) mass is 422 g/mol. The first kappa shape index (κ1) is 19.8. The Balaban J connectivity index is 1.43. The molecular formula is C24H26N2O5. The average molecular weight is 422 g/mol. The van der Waals surface area contributed by atoms with E-state index in [0.717, 1.165) is 18.4 Å². The third kappa shape index (κ3) is 3.84. The Labute approximate surface area is 180 Å². The molecule has 162 valence electrons. The van der Waals surface area contributed by atoms with Crippen LogP contribution in [0, 0.1) is 11.3 Å². The molecule has 3 aliphatic rings. The molecule has 0 bridgehead atoms. The number of ketones is 1. The second-order valence-electron chi connectivity index (χ2n) is 9.54. The molecule has 7 nitrogen and oxygen atoms in total. The van der Waals surface area contributed by atoms with Gasteiger partial charge in [0.2, 0.25) is 0 Å². The van der Waals surface area contributed by atoms with Gasteiger partial charge in [-0.25, -0.2) is 0 Å². The highest BCUT2D eigenvalue weighted by Gasteiger charge is 2.36. The van der Waals surface area contributed by atoms with Crippen LogP contribution in [0.2, 0.25) is 0 Å². The minimum Gasteiger partial charge on any atom is -0.486 e. The summed E-state index contributed by atoms with van der Waals surface area (Å²) in [4.78, 5) is 41.2. The van der Waals surface area contributed by atoms with Crippen LogP contribution in [0.5, 0.6) is 11.5 Å². The molecule has 5 rings (SSSR count). The fourth-order valence-corrected chi connectivity index (χ4v) is 4.57. The zero-order chi connectivity index (χ0) is 21.8. The third-order valence-corrected chi connectivity index (χ3v) is 6.27. The van der Waals surface area contributed by atoms with Crippen molar-refractivity contribution in [3.05, 3.63) is 57.0 Å². The van der Waals surface area contributed by atoms with E-state index in [0.29, 0.717) is 54.7 Å². The van der Waals surface area contributed by atoms with Gasteiger partial charge in [-0.15, -0.1) is 0 Å². The van der Waals surface area contributed by atoms with E-state index in [2.05, 4.69) is 10.3 Å². The van der Waals surface area contributed by atoms with Gasteiger partial charge in [0.25, 0.3) is 11.5 Å². The lowest BCUT2D eigenvalue weighted by atomic mass is 9.75. The quantitative estimate of drug-likeness (QED) is 0.789. The van der Waals surface area contributed by atoms with Crippen LogP contribution in [0.15, 0.2) is 29.1 Å². The standard InChI is InChI=1S/C24H26N2O5/c1-24(2)11-17-15(18(27)12-24)10-16(22(28)25-17)23(29)26-21(13-3-4-13)14-5-6-19-20(9-14)31-8-7-30-19/h5-6,9-10,13,21H,3-4,7-8,11-12H2,1-2H3,(H,25,28)(H,26,29). The maximum absolute atomic E-state index is 13.1. The van der Waals surface area contributed by atoms with Crippen LogP contribution in [0.25, 0.3) is 0 Å². The first-order chi connectivity index (χ1) is 14.8. The number of Topliss-reactive ketones (excluding diaryl/α,β-unsaturated/α-hetero) is 1. The Morgan fingerprint density at radius 3 is 2.58 bits per heavy atom. The summed E-state index contributed by atoms with van der Waals surface area (Å²) >= 11 is 0. The molecule has 2 aromatic rings. The second-order valence-corrected chi connectivity index (χ2v) is 9.54. The van der Waals surface area contributed by atoms with Gasteiger partial charge in [0.05, 0.1) is 6.04 Å². The summed E-state index contributed by atoms with van der Waals surface area (Å²) in [6.45, 7) is 5.01. The molecule has 2 N–H and O–H groups in total. The van der Waals surface area contributed by atoms with Gasteiger partial charge in [-0.3, -0.25) is 14.4 Å². The number of fused-ring (bicyclic) bond motifs is 2. The fourth-order valence-electron chi connectivity index (χ4n) is 4.57. The molecule has 1 fully saturated rings. The number of nitrogens with one attached hydrogen (secondary N) is 2. The van der Waals surface area contributed by atoms with Crippen molar-refractivity contribution in [3.8, 4) is 11.5 Å². The molecule has 1 aromatic heterocycles. The van der Waals surface area contributed by atoms with E-state index in [9.17, 15) is 14.4 Å². The van der Waals surface area contributed by atoms with Crippen molar-refractivity contribution >= 4 is 11.7 Å². The Morgan fingerprint density at radius 1 is 1.10 bits per heavy atom. The lowest BCUT2D eigenvalue weighted by Gasteiger charge is -2.29. The first-order valence-electron chi connectivity index (χ1n) is 10.8. The molecule has 0 saturated heterocycles. The van der Waals surface area contributed by atoms with Crippen molar-refractivity contribution in [1.82, 2.24) is 10.3 Å². The Bertz CT molecular complexity index is 1130. The zero-order valence-corrected chi connectivity index (χ0v) is 17.7. The molecule has 1 saturated carbocycles. The summed E-state index contributed by atoms with van der Waals surface area (Å²) < 4.78 is 11.3. The highest BCUT2D eigenvalue weighted by molar-refractivity contribution is 6.02. The Hall–Kier alpha value is -3.09. The number of ether oxygens (including phenoxy) is 2. The normalized spacial score (nSPS) is 20.0. The van der Waals surface area contributed by atoms with Crippen LogP contribution in [-0.2, 0) is 6.42 Å². The van der Waals surface area contributed by atoms with Gasteiger partial charge in [-0.2, -0.15) is 0 Å². The van der Waals surface area contributed by atoms with Crippen molar-refractivity contribution < 1.29 is 19.1 Å². The molecule has 2 aliphatic carbocycles. The maximum atomic E-state index is 13.1. The lowest BCUT2D eigenvalue weighted by molar-refractivity contribution is 0.0910. The molecule has 1 atom stereocenters. The van der Waals surface area contributed by atoms with Crippen molar-refractivity contribution in [2.75, 3.05) is 13.2 Å². The van der Waals surface area contributed by atoms with Crippen molar-refractivity contribution in [1.29, 1.82) is 0 Å². The number of hydrogen-bond donors (Lipinski definition) is 2. The van der Waals surface area contributed by atoms with E-state index >= 15 is 0 Å². The van der Waals surface area contributed by atoms with E-state index in [-0.39, 0.29) is 22.8 Å². The summed E-state index contributed by atoms with van der Waals surface area (Å²) in [5, 5.41) is 3.03. The van der Waals surface area contributed by atoms with Gasteiger partial charge in [0.15, 0.2) is 17.3 Å². The number of aromatic amines is 1. The summed E-state index contributed by atoms with van der Waals surface area (Å²) in [5.41, 5.74) is 1.31. The minimum absolute atomic E-state index is 0.0185. The summed E-state index contributed by atoms with van der Waals surface area (Å²) in [5.74, 6) is 1.17. The van der Waals surface area contributed by atoms with Gasteiger partial charge in [0.1, 0.15) is 18.8 Å². The molecule has 1 aliphatic heterocycles. The Morgan fingerprint density at radius 2 is 1.84 bits per heavy atom. The number of benzene rings is 1. The predicted octanol–water partition coefficient (Wildman–Crippen LogP) is 3.18. The molecule has 1 unspecified atom stereocenters. The van der Waals surface area contributed by atoms with E-state index in [1.54, 1.807) is 0 Å². The minimum atomic E-state index is -0.464. The second kappa shape index (κ2) is 7.25. The number of carbonyl (C=O) groups excluding carboxylic acids is 2. The average Bonchev–Trinajstić information content (AvgIpc) is 3.55. The lowest BCUT2D eigenvalue weighted by Crippen LogP contribution is -2.36. The number of amides is 1. The molecule has 0 radical (unpaired) electrons. The molecule has 0 spiro atoms. The molecule has 31 heavy (non-hydrogen) atoms. The zero-order valence-electron chi connectivity index (χ0n) is 17.7. The number of pyridine rings is 1. The fraction of sp³-hybridized carbons (Fsp3) is 0.458. The molecule has 2 heterocycles. The highest BCUT2D eigenvalue weighted by atomic mass is 16.6. The summed E-state index contributed by atoms with van der Waals surface area (Å²) in [6, 6.07) is 6.93. The third-order valence-electron chi connectivity index (χ3n) is 6.27. The molecule has 7 heteroatoms. The van der Waals surface area contributed by atoms with Crippen molar-refractivity contribution in [3.63, 3.8) is 0 Å². The number of rotatable bonds is 4. The number of H-pyrrole nitrogens is 1. The van der Waals surface area contributed by atoms with E-state index in [1.807, 2.05) is 32.0 Å². The maximum Gasteiger partial charge on any atom is 0.261 e.